The first-order valence-electron chi connectivity index (χ1n) is 10.1. The normalized spacial score (nSPS) is 10.9. The van der Waals surface area contributed by atoms with Gasteiger partial charge in [0, 0.05) is 41.6 Å². The molecule has 2 aromatic heterocycles. The van der Waals surface area contributed by atoms with Crippen LogP contribution in [0.5, 0.6) is 5.75 Å². The molecule has 31 heavy (non-hydrogen) atoms. The van der Waals surface area contributed by atoms with Crippen molar-refractivity contribution in [2.24, 2.45) is 0 Å². The predicted octanol–water partition coefficient (Wildman–Crippen LogP) is 5.06. The zero-order chi connectivity index (χ0) is 21.5. The van der Waals surface area contributed by atoms with E-state index in [0.717, 1.165) is 22.2 Å². The van der Waals surface area contributed by atoms with Crippen molar-refractivity contribution in [3.63, 3.8) is 0 Å². The van der Waals surface area contributed by atoms with Crippen molar-refractivity contribution in [2.75, 3.05) is 13.2 Å². The molecule has 0 bridgehead atoms. The van der Waals surface area contributed by atoms with Crippen LogP contribution in [0.4, 0.5) is 0 Å². The number of fused-ring (bicyclic) bond motifs is 1. The molecule has 0 unspecified atom stereocenters. The molecule has 0 saturated heterocycles. The number of aryl methyl sites for hydroxylation is 1. The summed E-state index contributed by atoms with van der Waals surface area (Å²) in [5.41, 5.74) is 1.74. The average molecular weight is 436 g/mol. The zero-order valence-corrected chi connectivity index (χ0v) is 17.6. The smallest absolute Gasteiger partial charge is 0.220 e. The molecule has 0 aliphatic heterocycles. The molecule has 2 aromatic carbocycles. The van der Waals surface area contributed by atoms with Crippen LogP contribution in [0.3, 0.4) is 0 Å². The van der Waals surface area contributed by atoms with Gasteiger partial charge in [0.25, 0.3) is 0 Å². The van der Waals surface area contributed by atoms with E-state index in [1.165, 1.54) is 0 Å². The highest BCUT2D eigenvalue weighted by Gasteiger charge is 2.09. The van der Waals surface area contributed by atoms with Crippen molar-refractivity contribution >= 4 is 28.4 Å². The van der Waals surface area contributed by atoms with Gasteiger partial charge in [0.1, 0.15) is 11.3 Å². The maximum atomic E-state index is 12.1. The number of rotatable bonds is 9. The Balaban J connectivity index is 1.17. The van der Waals surface area contributed by atoms with Gasteiger partial charge in [-0.2, -0.15) is 0 Å². The van der Waals surface area contributed by atoms with Crippen molar-refractivity contribution in [1.29, 1.82) is 0 Å². The second kappa shape index (κ2) is 10.1. The number of pyridine rings is 1. The number of hydrogen-bond donors (Lipinski definition) is 1. The molecule has 2 heterocycles. The van der Waals surface area contributed by atoms with Crippen LogP contribution in [-0.4, -0.2) is 29.0 Å². The van der Waals surface area contributed by atoms with Gasteiger partial charge in [-0.1, -0.05) is 29.8 Å². The fraction of sp³-hybridized carbons (Fsp3) is 0.208. The van der Waals surface area contributed by atoms with Gasteiger partial charge in [-0.05, 0) is 42.8 Å². The standard InChI is InChI=1S/C24H22ClN3O3/c25-19-9-7-17(8-10-19)21-16-28-23(31-21)12-11-22(29)26-14-3-15-30-20-6-1-4-18-5-2-13-27-24(18)20/h1-2,4-10,13,16H,3,11-12,14-15H2,(H,26,29). The summed E-state index contributed by atoms with van der Waals surface area (Å²) >= 11 is 5.90. The van der Waals surface area contributed by atoms with E-state index in [2.05, 4.69) is 15.3 Å². The van der Waals surface area contributed by atoms with E-state index in [4.69, 9.17) is 20.8 Å². The van der Waals surface area contributed by atoms with Crippen molar-refractivity contribution in [3.8, 4) is 17.1 Å². The Labute approximate surface area is 185 Å². The highest BCUT2D eigenvalue weighted by Crippen LogP contribution is 2.23. The number of para-hydroxylation sites is 1. The first kappa shape index (κ1) is 20.9. The number of halogens is 1. The number of aromatic nitrogens is 2. The molecule has 0 saturated carbocycles. The van der Waals surface area contributed by atoms with Crippen LogP contribution in [0, 0.1) is 0 Å². The molecule has 0 aliphatic rings. The molecule has 6 nitrogen and oxygen atoms in total. The highest BCUT2D eigenvalue weighted by molar-refractivity contribution is 6.30. The van der Waals surface area contributed by atoms with Crippen molar-refractivity contribution < 1.29 is 13.9 Å². The quantitative estimate of drug-likeness (QED) is 0.372. The van der Waals surface area contributed by atoms with Gasteiger partial charge in [0.15, 0.2) is 11.7 Å². The van der Waals surface area contributed by atoms with E-state index in [0.29, 0.717) is 49.1 Å². The number of nitrogens with zero attached hydrogens (tertiary/aromatic N) is 2. The number of hydrogen-bond acceptors (Lipinski definition) is 5. The van der Waals surface area contributed by atoms with Gasteiger partial charge in [-0.3, -0.25) is 9.78 Å². The second-order valence-electron chi connectivity index (χ2n) is 7.01. The molecule has 0 atom stereocenters. The maximum absolute atomic E-state index is 12.1. The topological polar surface area (TPSA) is 77.2 Å². The Morgan fingerprint density at radius 2 is 1.90 bits per heavy atom. The molecule has 0 spiro atoms. The lowest BCUT2D eigenvalue weighted by molar-refractivity contribution is -0.121. The van der Waals surface area contributed by atoms with E-state index in [-0.39, 0.29) is 5.91 Å². The summed E-state index contributed by atoms with van der Waals surface area (Å²) in [4.78, 5) is 20.7. The number of ether oxygens (including phenoxy) is 1. The van der Waals surface area contributed by atoms with E-state index < -0.39 is 0 Å². The van der Waals surface area contributed by atoms with Crippen LogP contribution >= 0.6 is 11.6 Å². The maximum Gasteiger partial charge on any atom is 0.220 e. The van der Waals surface area contributed by atoms with Gasteiger partial charge >= 0.3 is 0 Å². The van der Waals surface area contributed by atoms with Crippen LogP contribution in [0.15, 0.2) is 71.4 Å². The Bertz CT molecular complexity index is 1150. The monoisotopic (exact) mass is 435 g/mol. The van der Waals surface area contributed by atoms with Crippen molar-refractivity contribution in [2.45, 2.75) is 19.3 Å². The van der Waals surface area contributed by atoms with Gasteiger partial charge in [0.2, 0.25) is 5.91 Å². The summed E-state index contributed by atoms with van der Waals surface area (Å²) < 4.78 is 11.6. The lowest BCUT2D eigenvalue weighted by Gasteiger charge is -2.09. The summed E-state index contributed by atoms with van der Waals surface area (Å²) in [5, 5.41) is 4.61. The lowest BCUT2D eigenvalue weighted by atomic mass is 10.2. The predicted molar refractivity (Wildman–Crippen MR) is 120 cm³/mol. The molecule has 4 aromatic rings. The fourth-order valence-corrected chi connectivity index (χ4v) is 3.28. The summed E-state index contributed by atoms with van der Waals surface area (Å²) in [6.07, 6.45) is 4.87. The number of carbonyl (C=O) groups excluding carboxylic acids is 1. The van der Waals surface area contributed by atoms with E-state index in [9.17, 15) is 4.79 Å². The van der Waals surface area contributed by atoms with Gasteiger partial charge < -0.3 is 14.5 Å². The zero-order valence-electron chi connectivity index (χ0n) is 16.9. The molecule has 0 aliphatic carbocycles. The summed E-state index contributed by atoms with van der Waals surface area (Å²) in [6.45, 7) is 1.04. The molecular formula is C24H22ClN3O3. The molecule has 7 heteroatoms. The SMILES string of the molecule is O=C(CCc1ncc(-c2ccc(Cl)cc2)o1)NCCCOc1cccc2cccnc12. The van der Waals surface area contributed by atoms with Gasteiger partial charge in [-0.15, -0.1) is 0 Å². The molecule has 1 N–H and O–H groups in total. The first-order chi connectivity index (χ1) is 15.2. The molecule has 158 valence electrons. The van der Waals surface area contributed by atoms with Gasteiger partial charge in [-0.25, -0.2) is 4.98 Å². The van der Waals surface area contributed by atoms with Crippen LogP contribution in [0.1, 0.15) is 18.7 Å². The Morgan fingerprint density at radius 1 is 1.06 bits per heavy atom. The van der Waals surface area contributed by atoms with E-state index in [1.807, 2.05) is 42.5 Å². The Hall–Kier alpha value is -3.38. The number of benzene rings is 2. The van der Waals surface area contributed by atoms with Crippen molar-refractivity contribution in [1.82, 2.24) is 15.3 Å². The number of nitrogens with one attached hydrogen (secondary N) is 1. The summed E-state index contributed by atoms with van der Waals surface area (Å²) in [6, 6.07) is 17.1. The average Bonchev–Trinajstić information content (AvgIpc) is 3.27. The minimum Gasteiger partial charge on any atom is -0.491 e. The lowest BCUT2D eigenvalue weighted by Crippen LogP contribution is -2.25. The second-order valence-corrected chi connectivity index (χ2v) is 7.44. The number of oxazole rings is 1. The Morgan fingerprint density at radius 3 is 2.77 bits per heavy atom. The fourth-order valence-electron chi connectivity index (χ4n) is 3.16. The third kappa shape index (κ3) is 5.61. The van der Waals surface area contributed by atoms with E-state index in [1.54, 1.807) is 24.5 Å². The molecule has 0 fully saturated rings. The molecular weight excluding hydrogens is 414 g/mol. The van der Waals surface area contributed by atoms with E-state index >= 15 is 0 Å². The van der Waals surface area contributed by atoms with Gasteiger partial charge in [0.05, 0.1) is 12.8 Å². The summed E-state index contributed by atoms with van der Waals surface area (Å²) in [7, 11) is 0. The van der Waals surface area contributed by atoms with Crippen molar-refractivity contribution in [3.05, 3.63) is 77.9 Å². The van der Waals surface area contributed by atoms with Crippen LogP contribution in [0.25, 0.3) is 22.2 Å². The molecule has 1 amide bonds. The van der Waals surface area contributed by atoms with Crippen LogP contribution in [0.2, 0.25) is 5.02 Å². The Kier molecular flexibility index (Phi) is 6.79. The third-order valence-electron chi connectivity index (χ3n) is 4.74. The summed E-state index contributed by atoms with van der Waals surface area (Å²) in [5.74, 6) is 1.90. The number of amides is 1. The van der Waals surface area contributed by atoms with Crippen LogP contribution < -0.4 is 10.1 Å². The minimum atomic E-state index is -0.0435. The molecule has 0 radical (unpaired) electrons. The third-order valence-corrected chi connectivity index (χ3v) is 5.00. The number of carbonyl (C=O) groups is 1. The minimum absolute atomic E-state index is 0.0435. The highest BCUT2D eigenvalue weighted by atomic mass is 35.5. The molecule has 4 rings (SSSR count). The largest absolute Gasteiger partial charge is 0.491 e. The van der Waals surface area contributed by atoms with Crippen LogP contribution in [-0.2, 0) is 11.2 Å². The first-order valence-corrected chi connectivity index (χ1v) is 10.5.